The van der Waals surface area contributed by atoms with Gasteiger partial charge in [0.2, 0.25) is 0 Å². The van der Waals surface area contributed by atoms with Gasteiger partial charge in [-0.2, -0.15) is 10.2 Å². The molecule has 0 aliphatic heterocycles. The zero-order chi connectivity index (χ0) is 22.8. The van der Waals surface area contributed by atoms with Crippen LogP contribution in [0.15, 0.2) is 83.3 Å². The number of aryl methyl sites for hydroxylation is 1. The average molecular weight is 452 g/mol. The third-order valence-corrected chi connectivity index (χ3v) is 6.33. The lowest BCUT2D eigenvalue weighted by Gasteiger charge is -2.08. The number of nitrogens with zero attached hydrogens (tertiary/aromatic N) is 4. The molecule has 33 heavy (non-hydrogen) atoms. The topological polar surface area (TPSA) is 72.2 Å². The van der Waals surface area contributed by atoms with E-state index >= 15 is 0 Å². The van der Waals surface area contributed by atoms with E-state index in [0.717, 1.165) is 44.1 Å². The second kappa shape index (κ2) is 8.80. The van der Waals surface area contributed by atoms with Crippen molar-refractivity contribution in [1.29, 1.82) is 0 Å². The van der Waals surface area contributed by atoms with Gasteiger partial charge in [-0.3, -0.25) is 4.79 Å². The third kappa shape index (κ3) is 4.06. The van der Waals surface area contributed by atoms with E-state index in [-0.39, 0.29) is 5.91 Å². The Morgan fingerprint density at radius 2 is 1.82 bits per heavy atom. The summed E-state index contributed by atoms with van der Waals surface area (Å²) >= 11 is 1.59. The van der Waals surface area contributed by atoms with Gasteiger partial charge in [-0.15, -0.1) is 11.3 Å². The molecule has 0 radical (unpaired) electrons. The molecular weight excluding hydrogens is 430 g/mol. The first-order valence-electron chi connectivity index (χ1n) is 10.5. The number of carbonyl (C=O) groups excluding carboxylic acids is 1. The van der Waals surface area contributed by atoms with Crippen molar-refractivity contribution in [3.8, 4) is 16.3 Å². The highest BCUT2D eigenvalue weighted by molar-refractivity contribution is 7.13. The number of nitrogens with one attached hydrogen (secondary N) is 1. The molecule has 6 nitrogen and oxygen atoms in total. The monoisotopic (exact) mass is 451 g/mol. The molecule has 0 aliphatic carbocycles. The molecule has 0 spiro atoms. The number of rotatable bonds is 5. The van der Waals surface area contributed by atoms with E-state index in [4.69, 9.17) is 4.98 Å². The standard InChI is InChI=1S/C26H21N5OS/c1-17-22(18(2)31(30-17)19-9-4-3-5-10-19)16-27-29-26(32)21-15-24(25-13-8-14-33-25)28-23-12-7-6-11-20(21)23/h3-16H,1-2H3,(H,29,32)/b27-16-. The first-order valence-corrected chi connectivity index (χ1v) is 11.4. The van der Waals surface area contributed by atoms with Gasteiger partial charge in [-0.05, 0) is 49.6 Å². The first-order chi connectivity index (χ1) is 16.1. The molecular formula is C26H21N5OS. The molecule has 0 bridgehead atoms. The lowest BCUT2D eigenvalue weighted by Crippen LogP contribution is -2.18. The molecule has 3 aromatic heterocycles. The van der Waals surface area contributed by atoms with Crippen molar-refractivity contribution >= 4 is 34.4 Å². The van der Waals surface area contributed by atoms with Crippen molar-refractivity contribution in [2.75, 3.05) is 0 Å². The fourth-order valence-corrected chi connectivity index (χ4v) is 4.48. The molecule has 5 aromatic rings. The molecule has 7 heteroatoms. The Bertz CT molecular complexity index is 1470. The summed E-state index contributed by atoms with van der Waals surface area (Å²) in [5.74, 6) is -0.284. The molecule has 2 aromatic carbocycles. The lowest BCUT2D eigenvalue weighted by molar-refractivity contribution is 0.0956. The fourth-order valence-electron chi connectivity index (χ4n) is 3.79. The predicted molar refractivity (Wildman–Crippen MR) is 133 cm³/mol. The number of thiophene rings is 1. The largest absolute Gasteiger partial charge is 0.272 e. The summed E-state index contributed by atoms with van der Waals surface area (Å²) in [6.07, 6.45) is 1.65. The fraction of sp³-hybridized carbons (Fsp3) is 0.0769. The molecule has 0 atom stereocenters. The Morgan fingerprint density at radius 3 is 2.61 bits per heavy atom. The van der Waals surface area contributed by atoms with Crippen LogP contribution in [0.25, 0.3) is 27.2 Å². The molecule has 3 heterocycles. The summed E-state index contributed by atoms with van der Waals surface area (Å²) in [5, 5.41) is 11.7. The minimum absolute atomic E-state index is 0.284. The molecule has 0 fully saturated rings. The zero-order valence-electron chi connectivity index (χ0n) is 18.2. The van der Waals surface area contributed by atoms with Gasteiger partial charge < -0.3 is 0 Å². The Labute approximate surface area is 195 Å². The maximum Gasteiger partial charge on any atom is 0.272 e. The van der Waals surface area contributed by atoms with E-state index in [1.54, 1.807) is 17.6 Å². The van der Waals surface area contributed by atoms with Gasteiger partial charge in [0.25, 0.3) is 5.91 Å². The predicted octanol–water partition coefficient (Wildman–Crippen LogP) is 5.53. The summed E-state index contributed by atoms with van der Waals surface area (Å²) < 4.78 is 1.88. The van der Waals surface area contributed by atoms with Gasteiger partial charge in [-0.25, -0.2) is 15.1 Å². The van der Waals surface area contributed by atoms with E-state index in [2.05, 4.69) is 15.6 Å². The summed E-state index contributed by atoms with van der Waals surface area (Å²) in [7, 11) is 0. The number of amides is 1. The highest BCUT2D eigenvalue weighted by Crippen LogP contribution is 2.28. The molecule has 0 unspecified atom stereocenters. The van der Waals surface area contributed by atoms with Crippen molar-refractivity contribution in [1.82, 2.24) is 20.2 Å². The molecule has 0 saturated heterocycles. The normalized spacial score (nSPS) is 11.3. The summed E-state index contributed by atoms with van der Waals surface area (Å²) in [4.78, 5) is 18.8. The number of hydrazone groups is 1. The van der Waals surface area contributed by atoms with Crippen LogP contribution in [-0.4, -0.2) is 26.9 Å². The Hall–Kier alpha value is -4.10. The second-order valence-electron chi connectivity index (χ2n) is 7.58. The highest BCUT2D eigenvalue weighted by atomic mass is 32.1. The Morgan fingerprint density at radius 1 is 1.03 bits per heavy atom. The smallest absolute Gasteiger partial charge is 0.267 e. The number of fused-ring (bicyclic) bond motifs is 1. The number of carbonyl (C=O) groups is 1. The van der Waals surface area contributed by atoms with Crippen LogP contribution in [0, 0.1) is 13.8 Å². The van der Waals surface area contributed by atoms with E-state index in [1.165, 1.54) is 0 Å². The van der Waals surface area contributed by atoms with Gasteiger partial charge in [-0.1, -0.05) is 42.5 Å². The highest BCUT2D eigenvalue weighted by Gasteiger charge is 2.15. The van der Waals surface area contributed by atoms with Gasteiger partial charge >= 0.3 is 0 Å². The average Bonchev–Trinajstić information content (AvgIpc) is 3.48. The maximum absolute atomic E-state index is 13.1. The summed E-state index contributed by atoms with van der Waals surface area (Å²) in [5.41, 5.74) is 8.40. The number of hydrogen-bond donors (Lipinski definition) is 1. The van der Waals surface area contributed by atoms with Crippen molar-refractivity contribution in [3.63, 3.8) is 0 Å². The second-order valence-corrected chi connectivity index (χ2v) is 8.53. The SMILES string of the molecule is Cc1nn(-c2ccccc2)c(C)c1/C=N\NC(=O)c1cc(-c2cccs2)nc2ccccc12. The number of pyridine rings is 1. The Balaban J connectivity index is 1.44. The quantitative estimate of drug-likeness (QED) is 0.282. The van der Waals surface area contributed by atoms with Gasteiger partial charge in [0.15, 0.2) is 0 Å². The van der Waals surface area contributed by atoms with Crippen molar-refractivity contribution in [2.24, 2.45) is 5.10 Å². The van der Waals surface area contributed by atoms with E-state index < -0.39 is 0 Å². The maximum atomic E-state index is 13.1. The van der Waals surface area contributed by atoms with Crippen molar-refractivity contribution in [3.05, 3.63) is 101 Å². The van der Waals surface area contributed by atoms with Crippen molar-refractivity contribution in [2.45, 2.75) is 13.8 Å². The number of hydrogen-bond acceptors (Lipinski definition) is 5. The zero-order valence-corrected chi connectivity index (χ0v) is 19.0. The van der Waals surface area contributed by atoms with Crippen LogP contribution in [0.3, 0.4) is 0 Å². The van der Waals surface area contributed by atoms with E-state index in [9.17, 15) is 4.79 Å². The van der Waals surface area contributed by atoms with Crippen LogP contribution in [0.4, 0.5) is 0 Å². The van der Waals surface area contributed by atoms with E-state index in [1.807, 2.05) is 96.7 Å². The summed E-state index contributed by atoms with van der Waals surface area (Å²) in [6.45, 7) is 3.92. The van der Waals surface area contributed by atoms with Crippen LogP contribution in [-0.2, 0) is 0 Å². The third-order valence-electron chi connectivity index (χ3n) is 5.44. The van der Waals surface area contributed by atoms with Crippen LogP contribution < -0.4 is 5.43 Å². The van der Waals surface area contributed by atoms with E-state index in [0.29, 0.717) is 5.56 Å². The van der Waals surface area contributed by atoms with Gasteiger partial charge in [0, 0.05) is 10.9 Å². The molecule has 162 valence electrons. The molecule has 5 rings (SSSR count). The summed E-state index contributed by atoms with van der Waals surface area (Å²) in [6, 6.07) is 23.4. The molecule has 0 saturated carbocycles. The number of aromatic nitrogens is 3. The minimum atomic E-state index is -0.284. The van der Waals surface area contributed by atoms with Crippen molar-refractivity contribution < 1.29 is 4.79 Å². The van der Waals surface area contributed by atoms with Crippen LogP contribution in [0.5, 0.6) is 0 Å². The first kappa shape index (κ1) is 20.8. The minimum Gasteiger partial charge on any atom is -0.267 e. The molecule has 0 aliphatic rings. The number of para-hydroxylation sites is 2. The van der Waals surface area contributed by atoms with Crippen LogP contribution in [0.2, 0.25) is 0 Å². The molecule has 1 amide bonds. The van der Waals surface area contributed by atoms with Crippen LogP contribution >= 0.6 is 11.3 Å². The van der Waals surface area contributed by atoms with Gasteiger partial charge in [0.05, 0.1) is 44.9 Å². The molecule has 1 N–H and O–H groups in total. The number of benzene rings is 2. The lowest BCUT2D eigenvalue weighted by atomic mass is 10.1. The Kier molecular flexibility index (Phi) is 5.54. The van der Waals surface area contributed by atoms with Crippen LogP contribution in [0.1, 0.15) is 27.3 Å². The van der Waals surface area contributed by atoms with Gasteiger partial charge in [0.1, 0.15) is 0 Å².